The monoisotopic (exact) mass is 492 g/mol. The minimum absolute atomic E-state index is 0.195. The van der Waals surface area contributed by atoms with E-state index in [0.29, 0.717) is 11.2 Å². The number of hydrogen-bond acceptors (Lipinski definition) is 3. The van der Waals surface area contributed by atoms with E-state index in [1.165, 1.54) is 3.97 Å². The van der Waals surface area contributed by atoms with Crippen LogP contribution in [0.25, 0.3) is 17.0 Å². The van der Waals surface area contributed by atoms with Crippen molar-refractivity contribution in [2.45, 2.75) is 36.5 Å². The van der Waals surface area contributed by atoms with Gasteiger partial charge in [0.2, 0.25) is 0 Å². The van der Waals surface area contributed by atoms with Crippen LogP contribution in [-0.2, 0) is 21.0 Å². The fourth-order valence-corrected chi connectivity index (χ4v) is 5.96. The van der Waals surface area contributed by atoms with Gasteiger partial charge in [0.25, 0.3) is 10.0 Å². The van der Waals surface area contributed by atoms with Crippen molar-refractivity contribution >= 4 is 38.0 Å². The molecule has 0 aliphatic carbocycles. The molecule has 1 aromatic heterocycles. The van der Waals surface area contributed by atoms with Crippen LogP contribution in [0.2, 0.25) is 0 Å². The summed E-state index contributed by atoms with van der Waals surface area (Å²) in [4.78, 5) is 0.195. The molecule has 0 bridgehead atoms. The predicted octanol–water partition coefficient (Wildman–Crippen LogP) is 5.68. The molecule has 0 fully saturated rings. The van der Waals surface area contributed by atoms with Gasteiger partial charge in [0.05, 0.1) is 37.9 Å². The molecule has 1 heterocycles. The highest BCUT2D eigenvalue weighted by Crippen LogP contribution is 2.31. The lowest BCUT2D eigenvalue weighted by Gasteiger charge is -2.24. The molecule has 0 saturated heterocycles. The minimum atomic E-state index is -3.91. The third kappa shape index (κ3) is 5.06. The Hall–Kier alpha value is -3.00. The second-order valence-corrected chi connectivity index (χ2v) is 12.7. The van der Waals surface area contributed by atoms with Crippen LogP contribution in [-0.4, -0.2) is 21.3 Å². The molecule has 0 aliphatic rings. The summed E-state index contributed by atoms with van der Waals surface area (Å²) in [7, 11) is -5.34. The van der Waals surface area contributed by atoms with Gasteiger partial charge in [-0.1, -0.05) is 78.9 Å². The Morgan fingerprint density at radius 3 is 2.12 bits per heavy atom. The molecular formula is C27H28N2O3S2. The molecule has 0 saturated carbocycles. The fourth-order valence-electron chi connectivity index (χ4n) is 3.60. The lowest BCUT2D eigenvalue weighted by atomic mass is 10.1. The standard InChI is InChI=1S/C27H28N2O3S2/c1-27(2,3)33(30)28-24(19-18-21-12-6-4-7-13-21)26-20-22-14-10-11-17-25(22)29(26)34(31,32)23-15-8-5-9-16-23/h4-20,24,28H,1-3H3/b19-18+/t24-,33+/m0/s1. The smallest absolute Gasteiger partial charge is 0.242 e. The quantitative estimate of drug-likeness (QED) is 0.361. The molecule has 34 heavy (non-hydrogen) atoms. The molecule has 1 N–H and O–H groups in total. The normalized spacial score (nSPS) is 14.4. The number of hydrogen-bond donors (Lipinski definition) is 1. The van der Waals surface area contributed by atoms with Crippen molar-refractivity contribution in [2.75, 3.05) is 0 Å². The lowest BCUT2D eigenvalue weighted by Crippen LogP contribution is -2.36. The first-order valence-corrected chi connectivity index (χ1v) is 13.6. The number of nitrogens with zero attached hydrogens (tertiary/aromatic N) is 1. The summed E-state index contributed by atoms with van der Waals surface area (Å²) < 4.78 is 44.8. The van der Waals surface area contributed by atoms with Crippen molar-refractivity contribution in [1.29, 1.82) is 0 Å². The Bertz CT molecular complexity index is 1440. The van der Waals surface area contributed by atoms with E-state index in [1.807, 2.05) is 87.5 Å². The molecule has 0 spiro atoms. The van der Waals surface area contributed by atoms with Crippen LogP contribution in [0, 0.1) is 0 Å². The van der Waals surface area contributed by atoms with Gasteiger partial charge in [0.1, 0.15) is 0 Å². The highest BCUT2D eigenvalue weighted by atomic mass is 32.2. The largest absolute Gasteiger partial charge is 0.268 e. The number of benzene rings is 3. The van der Waals surface area contributed by atoms with Crippen molar-refractivity contribution in [1.82, 2.24) is 8.69 Å². The number of para-hydroxylation sites is 1. The topological polar surface area (TPSA) is 68.2 Å². The first-order chi connectivity index (χ1) is 16.2. The maximum absolute atomic E-state index is 13.8. The van der Waals surface area contributed by atoms with Crippen molar-refractivity contribution in [3.8, 4) is 0 Å². The maximum atomic E-state index is 13.8. The summed E-state index contributed by atoms with van der Waals surface area (Å²) in [6.07, 6.45) is 3.78. The van der Waals surface area contributed by atoms with Gasteiger partial charge in [0, 0.05) is 5.39 Å². The highest BCUT2D eigenvalue weighted by Gasteiger charge is 2.29. The third-order valence-corrected chi connectivity index (χ3v) is 8.70. The SMILES string of the molecule is CC(C)(C)[S@@](=O)N[C@@H](/C=C/c1ccccc1)c1cc2ccccc2n1S(=O)(=O)c1ccccc1. The summed E-state index contributed by atoms with van der Waals surface area (Å²) in [5, 5.41) is 0.790. The van der Waals surface area contributed by atoms with E-state index in [4.69, 9.17) is 0 Å². The molecule has 4 rings (SSSR count). The molecule has 0 aliphatic heterocycles. The van der Waals surface area contributed by atoms with E-state index in [9.17, 15) is 12.6 Å². The number of rotatable bonds is 7. The van der Waals surface area contributed by atoms with Crippen LogP contribution in [0.3, 0.4) is 0 Å². The van der Waals surface area contributed by atoms with Crippen molar-refractivity contribution in [3.63, 3.8) is 0 Å². The Morgan fingerprint density at radius 1 is 0.882 bits per heavy atom. The van der Waals surface area contributed by atoms with E-state index in [0.717, 1.165) is 10.9 Å². The van der Waals surface area contributed by atoms with Crippen LogP contribution < -0.4 is 4.72 Å². The second-order valence-electron chi connectivity index (χ2n) is 8.96. The third-order valence-electron chi connectivity index (χ3n) is 5.36. The van der Waals surface area contributed by atoms with E-state index in [1.54, 1.807) is 36.4 Å². The molecular weight excluding hydrogens is 464 g/mol. The summed E-state index contributed by atoms with van der Waals surface area (Å²) in [6, 6.07) is 26.7. The van der Waals surface area contributed by atoms with E-state index in [-0.39, 0.29) is 4.90 Å². The van der Waals surface area contributed by atoms with Gasteiger partial charge in [-0.2, -0.15) is 0 Å². The van der Waals surface area contributed by atoms with Crippen molar-refractivity contribution in [3.05, 3.63) is 108 Å². The maximum Gasteiger partial charge on any atom is 0.268 e. The highest BCUT2D eigenvalue weighted by molar-refractivity contribution is 7.90. The van der Waals surface area contributed by atoms with Gasteiger partial charge in [-0.15, -0.1) is 0 Å². The van der Waals surface area contributed by atoms with Gasteiger partial charge in [0.15, 0.2) is 0 Å². The van der Waals surface area contributed by atoms with Crippen LogP contribution in [0.1, 0.15) is 38.1 Å². The second kappa shape index (κ2) is 9.70. The molecule has 3 aromatic carbocycles. The lowest BCUT2D eigenvalue weighted by molar-refractivity contribution is 0.583. The van der Waals surface area contributed by atoms with Crippen LogP contribution in [0.4, 0.5) is 0 Å². The zero-order valence-corrected chi connectivity index (χ0v) is 21.0. The fraction of sp³-hybridized carbons (Fsp3) is 0.185. The van der Waals surface area contributed by atoms with Gasteiger partial charge < -0.3 is 0 Å². The Morgan fingerprint density at radius 2 is 1.47 bits per heavy atom. The average Bonchev–Trinajstić information content (AvgIpc) is 3.22. The number of nitrogens with one attached hydrogen (secondary N) is 1. The first-order valence-electron chi connectivity index (χ1n) is 11.0. The molecule has 176 valence electrons. The summed E-state index contributed by atoms with van der Waals surface area (Å²) >= 11 is 0. The van der Waals surface area contributed by atoms with Crippen molar-refractivity contribution in [2.24, 2.45) is 0 Å². The Kier molecular flexibility index (Phi) is 6.89. The van der Waals surface area contributed by atoms with E-state index in [2.05, 4.69) is 4.72 Å². The van der Waals surface area contributed by atoms with Crippen LogP contribution in [0.5, 0.6) is 0 Å². The first kappa shape index (κ1) is 24.1. The summed E-state index contributed by atoms with van der Waals surface area (Å²) in [5.74, 6) is 0. The molecule has 5 nitrogen and oxygen atoms in total. The van der Waals surface area contributed by atoms with Gasteiger partial charge in [-0.3, -0.25) is 0 Å². The molecule has 7 heteroatoms. The average molecular weight is 493 g/mol. The summed E-state index contributed by atoms with van der Waals surface area (Å²) in [5.41, 5.74) is 2.03. The number of aromatic nitrogens is 1. The molecule has 2 atom stereocenters. The van der Waals surface area contributed by atoms with Gasteiger partial charge in [-0.05, 0) is 50.6 Å². The molecule has 0 unspecified atom stereocenters. The summed E-state index contributed by atoms with van der Waals surface area (Å²) in [6.45, 7) is 5.64. The Balaban J connectivity index is 1.92. The molecule has 4 aromatic rings. The van der Waals surface area contributed by atoms with E-state index < -0.39 is 31.8 Å². The Labute approximate surface area is 203 Å². The van der Waals surface area contributed by atoms with Gasteiger partial charge in [-0.25, -0.2) is 21.3 Å². The molecule has 0 amide bonds. The molecule has 0 radical (unpaired) electrons. The van der Waals surface area contributed by atoms with E-state index >= 15 is 0 Å². The van der Waals surface area contributed by atoms with Gasteiger partial charge >= 0.3 is 0 Å². The number of fused-ring (bicyclic) bond motifs is 1. The minimum Gasteiger partial charge on any atom is -0.242 e. The predicted molar refractivity (Wildman–Crippen MR) is 140 cm³/mol. The van der Waals surface area contributed by atoms with Crippen molar-refractivity contribution < 1.29 is 12.6 Å². The zero-order chi connectivity index (χ0) is 24.3. The van der Waals surface area contributed by atoms with Crippen LogP contribution in [0.15, 0.2) is 102 Å². The zero-order valence-electron chi connectivity index (χ0n) is 19.4. The van der Waals surface area contributed by atoms with Crippen LogP contribution >= 0.6 is 0 Å².